The number of anilines is 1. The molecule has 1 N–H and O–H groups in total. The Hall–Kier alpha value is -1.56. The van der Waals surface area contributed by atoms with Gasteiger partial charge in [0.05, 0.1) is 16.3 Å². The van der Waals surface area contributed by atoms with Crippen LogP contribution in [0.2, 0.25) is 0 Å². The summed E-state index contributed by atoms with van der Waals surface area (Å²) >= 11 is 0. The highest BCUT2D eigenvalue weighted by Crippen LogP contribution is 2.26. The monoisotopic (exact) mass is 299 g/mol. The van der Waals surface area contributed by atoms with Crippen LogP contribution in [0.5, 0.6) is 0 Å². The molecule has 0 aliphatic rings. The van der Waals surface area contributed by atoms with Crippen LogP contribution in [0.25, 0.3) is 0 Å². The molecule has 0 aromatic heterocycles. The average molecular weight is 299 g/mol. The van der Waals surface area contributed by atoms with Crippen LogP contribution < -0.4 is 4.90 Å². The highest BCUT2D eigenvalue weighted by molar-refractivity contribution is 7.91. The van der Waals surface area contributed by atoms with E-state index in [2.05, 4.69) is 0 Å². The van der Waals surface area contributed by atoms with Crippen LogP contribution in [0.4, 0.5) is 5.69 Å². The van der Waals surface area contributed by atoms with Gasteiger partial charge in [0.15, 0.2) is 9.84 Å². The van der Waals surface area contributed by atoms with Crippen molar-refractivity contribution in [1.29, 1.82) is 0 Å². The minimum Gasteiger partial charge on any atom is -0.480 e. The van der Waals surface area contributed by atoms with Crippen LogP contribution in [-0.2, 0) is 14.6 Å². The Morgan fingerprint density at radius 1 is 1.20 bits per heavy atom. The Labute approximate surface area is 120 Å². The lowest BCUT2D eigenvalue weighted by atomic mass is 10.2. The smallest absolute Gasteiger partial charge is 0.323 e. The summed E-state index contributed by atoms with van der Waals surface area (Å²) in [5.74, 6) is -0.905. The Morgan fingerprint density at radius 2 is 1.85 bits per heavy atom. The van der Waals surface area contributed by atoms with Gasteiger partial charge < -0.3 is 10.0 Å². The number of nitrogens with zero attached hydrogens (tertiary/aromatic N) is 1. The summed E-state index contributed by atoms with van der Waals surface area (Å²) in [5, 5.41) is 8.98. The molecule has 0 aliphatic heterocycles. The second-order valence-electron chi connectivity index (χ2n) is 4.60. The van der Waals surface area contributed by atoms with E-state index in [0.29, 0.717) is 18.7 Å². The zero-order valence-electron chi connectivity index (χ0n) is 11.9. The average Bonchev–Trinajstić information content (AvgIpc) is 2.38. The minimum atomic E-state index is -3.37. The van der Waals surface area contributed by atoms with Gasteiger partial charge in [-0.3, -0.25) is 4.79 Å². The number of para-hydroxylation sites is 1. The molecule has 1 rings (SSSR count). The summed E-state index contributed by atoms with van der Waals surface area (Å²) in [7, 11) is -3.37. The van der Waals surface area contributed by atoms with Crippen LogP contribution in [0, 0.1) is 0 Å². The summed E-state index contributed by atoms with van der Waals surface area (Å²) in [6.45, 7) is 4.04. The number of sulfone groups is 1. The van der Waals surface area contributed by atoms with E-state index in [4.69, 9.17) is 5.11 Å². The molecule has 0 heterocycles. The molecular weight excluding hydrogens is 278 g/mol. The van der Waals surface area contributed by atoms with Gasteiger partial charge in [-0.25, -0.2) is 8.42 Å². The van der Waals surface area contributed by atoms with Gasteiger partial charge in [0, 0.05) is 6.54 Å². The lowest BCUT2D eigenvalue weighted by Gasteiger charge is -2.24. The minimum absolute atomic E-state index is 0.0665. The number of hydrogen-bond donors (Lipinski definition) is 1. The molecule has 5 nitrogen and oxygen atoms in total. The molecule has 0 radical (unpaired) electrons. The molecule has 0 aliphatic carbocycles. The largest absolute Gasteiger partial charge is 0.480 e. The number of aliphatic carboxylic acids is 1. The number of carboxylic acids is 1. The van der Waals surface area contributed by atoms with E-state index >= 15 is 0 Å². The molecule has 0 amide bonds. The quantitative estimate of drug-likeness (QED) is 0.796. The third-order valence-corrected chi connectivity index (χ3v) is 4.79. The first-order valence-corrected chi connectivity index (χ1v) is 8.36. The van der Waals surface area contributed by atoms with Crippen molar-refractivity contribution < 1.29 is 18.3 Å². The zero-order valence-corrected chi connectivity index (χ0v) is 12.7. The summed E-state index contributed by atoms with van der Waals surface area (Å²) in [6.07, 6.45) is 1.28. The van der Waals surface area contributed by atoms with E-state index in [0.717, 1.165) is 6.42 Å². The standard InChI is InChI=1S/C14H21NO4S/c1-3-9-15(11-14(16)17)12-7-5-6-8-13(12)20(18,19)10-4-2/h5-8H,3-4,9-11H2,1-2H3,(H,16,17). The molecule has 6 heteroatoms. The number of carbonyl (C=O) groups is 1. The van der Waals surface area contributed by atoms with Crippen LogP contribution in [0.3, 0.4) is 0 Å². The molecule has 1 aromatic carbocycles. The molecule has 0 fully saturated rings. The molecule has 0 spiro atoms. The SMILES string of the molecule is CCCN(CC(=O)O)c1ccccc1S(=O)(=O)CCC. The molecule has 0 bridgehead atoms. The van der Waals surface area contributed by atoms with Gasteiger partial charge in [-0.15, -0.1) is 0 Å². The van der Waals surface area contributed by atoms with Crippen molar-refractivity contribution in [2.75, 3.05) is 23.7 Å². The summed E-state index contributed by atoms with van der Waals surface area (Å²) in [4.78, 5) is 12.8. The predicted octanol–water partition coefficient (Wildman–Crippen LogP) is 2.17. The summed E-state index contributed by atoms with van der Waals surface area (Å²) < 4.78 is 24.5. The molecule has 0 unspecified atom stereocenters. The van der Waals surface area contributed by atoms with E-state index in [1.165, 1.54) is 0 Å². The Bertz CT molecular complexity index is 554. The molecule has 20 heavy (non-hydrogen) atoms. The highest BCUT2D eigenvalue weighted by atomic mass is 32.2. The van der Waals surface area contributed by atoms with Crippen molar-refractivity contribution >= 4 is 21.5 Å². The van der Waals surface area contributed by atoms with Crippen molar-refractivity contribution in [3.63, 3.8) is 0 Å². The lowest BCUT2D eigenvalue weighted by Crippen LogP contribution is -2.31. The van der Waals surface area contributed by atoms with Gasteiger partial charge in [0.25, 0.3) is 0 Å². The fourth-order valence-corrected chi connectivity index (χ4v) is 3.64. The molecule has 0 atom stereocenters. The van der Waals surface area contributed by atoms with Crippen LogP contribution in [-0.4, -0.2) is 38.3 Å². The van der Waals surface area contributed by atoms with E-state index < -0.39 is 15.8 Å². The number of carboxylic acid groups (broad SMARTS) is 1. The summed E-state index contributed by atoms with van der Waals surface area (Å²) in [6, 6.07) is 6.60. The van der Waals surface area contributed by atoms with Crippen LogP contribution in [0.15, 0.2) is 29.2 Å². The predicted molar refractivity (Wildman–Crippen MR) is 78.9 cm³/mol. The van der Waals surface area contributed by atoms with E-state index in [1.807, 2.05) is 6.92 Å². The molecule has 0 saturated carbocycles. The van der Waals surface area contributed by atoms with E-state index in [-0.39, 0.29) is 17.2 Å². The van der Waals surface area contributed by atoms with Gasteiger partial charge in [-0.2, -0.15) is 0 Å². The lowest BCUT2D eigenvalue weighted by molar-refractivity contribution is -0.135. The van der Waals surface area contributed by atoms with Gasteiger partial charge in [0.2, 0.25) is 0 Å². The topological polar surface area (TPSA) is 74.7 Å². The van der Waals surface area contributed by atoms with E-state index in [9.17, 15) is 13.2 Å². The van der Waals surface area contributed by atoms with Crippen molar-refractivity contribution in [3.05, 3.63) is 24.3 Å². The maximum Gasteiger partial charge on any atom is 0.323 e. The normalized spacial score (nSPS) is 11.3. The first-order chi connectivity index (χ1) is 9.42. The fraction of sp³-hybridized carbons (Fsp3) is 0.500. The van der Waals surface area contributed by atoms with Crippen LogP contribution in [0.1, 0.15) is 26.7 Å². The van der Waals surface area contributed by atoms with E-state index in [1.54, 1.807) is 36.1 Å². The van der Waals surface area contributed by atoms with Crippen molar-refractivity contribution in [1.82, 2.24) is 0 Å². The third kappa shape index (κ3) is 4.23. The third-order valence-electron chi connectivity index (χ3n) is 2.83. The van der Waals surface area contributed by atoms with Crippen molar-refractivity contribution in [2.24, 2.45) is 0 Å². The summed E-state index contributed by atoms with van der Waals surface area (Å²) in [5.41, 5.74) is 0.477. The maximum absolute atomic E-state index is 12.3. The zero-order chi connectivity index (χ0) is 15.2. The second kappa shape index (κ2) is 7.28. The highest BCUT2D eigenvalue weighted by Gasteiger charge is 2.21. The first kappa shape index (κ1) is 16.5. The van der Waals surface area contributed by atoms with Crippen molar-refractivity contribution in [3.8, 4) is 0 Å². The Morgan fingerprint density at radius 3 is 2.40 bits per heavy atom. The number of rotatable bonds is 8. The maximum atomic E-state index is 12.3. The van der Waals surface area contributed by atoms with Crippen molar-refractivity contribution in [2.45, 2.75) is 31.6 Å². The van der Waals surface area contributed by atoms with Gasteiger partial charge >= 0.3 is 5.97 Å². The number of benzene rings is 1. The molecule has 1 aromatic rings. The Balaban J connectivity index is 3.25. The second-order valence-corrected chi connectivity index (χ2v) is 6.68. The number of hydrogen-bond acceptors (Lipinski definition) is 4. The van der Waals surface area contributed by atoms with Gasteiger partial charge in [-0.05, 0) is 25.0 Å². The first-order valence-electron chi connectivity index (χ1n) is 6.71. The molecule has 112 valence electrons. The molecule has 0 saturated heterocycles. The van der Waals surface area contributed by atoms with Crippen LogP contribution >= 0.6 is 0 Å². The molecular formula is C14H21NO4S. The van der Waals surface area contributed by atoms with Gasteiger partial charge in [-0.1, -0.05) is 26.0 Å². The van der Waals surface area contributed by atoms with Gasteiger partial charge in [0.1, 0.15) is 6.54 Å². The fourth-order valence-electron chi connectivity index (χ4n) is 2.08. The Kier molecular flexibility index (Phi) is 6.01.